The van der Waals surface area contributed by atoms with E-state index in [4.69, 9.17) is 0 Å². The third kappa shape index (κ3) is 3.05. The molecule has 2 aliphatic carbocycles. The van der Waals surface area contributed by atoms with Crippen molar-refractivity contribution in [2.75, 3.05) is 0 Å². The highest BCUT2D eigenvalue weighted by atomic mass is 15.0. The molecule has 100 valence electrons. The summed E-state index contributed by atoms with van der Waals surface area (Å²) >= 11 is 0. The minimum Gasteiger partial charge on any atom is -0.311 e. The van der Waals surface area contributed by atoms with Crippen LogP contribution in [0.5, 0.6) is 0 Å². The first-order chi connectivity index (χ1) is 7.89. The standard InChI is InChI=1S/C16H31N/c1-11-7-6-8-14(13(11)3)17-15-10-16(4,5)9-12(15)2/h11-15,17H,6-10H2,1-5H3. The maximum Gasteiger partial charge on any atom is 0.0101 e. The molecule has 0 amide bonds. The molecule has 0 aliphatic heterocycles. The van der Waals surface area contributed by atoms with Gasteiger partial charge in [-0.25, -0.2) is 0 Å². The molecule has 1 nitrogen and oxygen atoms in total. The van der Waals surface area contributed by atoms with Crippen LogP contribution in [0.25, 0.3) is 0 Å². The molecule has 0 saturated heterocycles. The molecule has 5 unspecified atom stereocenters. The van der Waals surface area contributed by atoms with E-state index in [1.54, 1.807) is 0 Å². The molecule has 1 heteroatoms. The fraction of sp³-hybridized carbons (Fsp3) is 1.00. The van der Waals surface area contributed by atoms with E-state index in [1.165, 1.54) is 32.1 Å². The highest BCUT2D eigenvalue weighted by Gasteiger charge is 2.38. The molecule has 0 aromatic rings. The summed E-state index contributed by atoms with van der Waals surface area (Å²) in [6.45, 7) is 12.2. The van der Waals surface area contributed by atoms with Crippen molar-refractivity contribution in [3.05, 3.63) is 0 Å². The highest BCUT2D eigenvalue weighted by Crippen LogP contribution is 2.42. The quantitative estimate of drug-likeness (QED) is 0.758. The van der Waals surface area contributed by atoms with Gasteiger partial charge in [0.1, 0.15) is 0 Å². The maximum atomic E-state index is 4.00. The lowest BCUT2D eigenvalue weighted by molar-refractivity contribution is 0.184. The molecule has 0 radical (unpaired) electrons. The maximum absolute atomic E-state index is 4.00. The lowest BCUT2D eigenvalue weighted by Gasteiger charge is -2.37. The number of hydrogen-bond donors (Lipinski definition) is 1. The Hall–Kier alpha value is -0.0400. The lowest BCUT2D eigenvalue weighted by Crippen LogP contribution is -2.46. The smallest absolute Gasteiger partial charge is 0.0101 e. The normalized spacial score (nSPS) is 46.1. The zero-order valence-electron chi connectivity index (χ0n) is 12.4. The summed E-state index contributed by atoms with van der Waals surface area (Å²) in [5, 5.41) is 4.00. The summed E-state index contributed by atoms with van der Waals surface area (Å²) in [5.74, 6) is 2.63. The summed E-state index contributed by atoms with van der Waals surface area (Å²) in [6, 6.07) is 1.54. The van der Waals surface area contributed by atoms with Crippen molar-refractivity contribution in [1.29, 1.82) is 0 Å². The van der Waals surface area contributed by atoms with Gasteiger partial charge in [0.2, 0.25) is 0 Å². The van der Waals surface area contributed by atoms with Crippen molar-refractivity contribution in [2.45, 2.75) is 78.8 Å². The zero-order valence-corrected chi connectivity index (χ0v) is 12.4. The summed E-state index contributed by atoms with van der Waals surface area (Å²) < 4.78 is 0. The molecule has 0 aromatic heterocycles. The first-order valence-corrected chi connectivity index (χ1v) is 7.65. The first-order valence-electron chi connectivity index (χ1n) is 7.65. The van der Waals surface area contributed by atoms with Crippen LogP contribution in [0.3, 0.4) is 0 Å². The van der Waals surface area contributed by atoms with Crippen LogP contribution in [0, 0.1) is 23.2 Å². The van der Waals surface area contributed by atoms with Gasteiger partial charge in [0.15, 0.2) is 0 Å². The minimum absolute atomic E-state index is 0.556. The van der Waals surface area contributed by atoms with E-state index in [0.29, 0.717) is 5.41 Å². The second-order valence-corrected chi connectivity index (χ2v) is 7.70. The van der Waals surface area contributed by atoms with Crippen molar-refractivity contribution in [1.82, 2.24) is 5.32 Å². The minimum atomic E-state index is 0.556. The molecule has 2 saturated carbocycles. The van der Waals surface area contributed by atoms with Gasteiger partial charge in [-0.1, -0.05) is 47.5 Å². The largest absolute Gasteiger partial charge is 0.311 e. The van der Waals surface area contributed by atoms with Gasteiger partial charge in [0.25, 0.3) is 0 Å². The number of hydrogen-bond acceptors (Lipinski definition) is 1. The molecule has 2 fully saturated rings. The van der Waals surface area contributed by atoms with Crippen molar-refractivity contribution in [3.8, 4) is 0 Å². The van der Waals surface area contributed by atoms with E-state index in [1.807, 2.05) is 0 Å². The van der Waals surface area contributed by atoms with Gasteiger partial charge in [0.05, 0.1) is 0 Å². The molecule has 0 heterocycles. The van der Waals surface area contributed by atoms with Crippen LogP contribution in [0.1, 0.15) is 66.7 Å². The molecule has 0 aromatic carbocycles. The van der Waals surface area contributed by atoms with Gasteiger partial charge < -0.3 is 5.32 Å². The van der Waals surface area contributed by atoms with Crippen LogP contribution in [-0.4, -0.2) is 12.1 Å². The van der Waals surface area contributed by atoms with Crippen molar-refractivity contribution < 1.29 is 0 Å². The Bertz CT molecular complexity index is 258. The van der Waals surface area contributed by atoms with Crippen LogP contribution in [0.15, 0.2) is 0 Å². The molecule has 0 bridgehead atoms. The average molecular weight is 237 g/mol. The van der Waals surface area contributed by atoms with Crippen LogP contribution in [0.2, 0.25) is 0 Å². The Morgan fingerprint density at radius 3 is 2.18 bits per heavy atom. The summed E-state index contributed by atoms with van der Waals surface area (Å²) in [6.07, 6.45) is 7.01. The molecule has 2 aliphatic rings. The fourth-order valence-electron chi connectivity index (χ4n) is 4.21. The van der Waals surface area contributed by atoms with Gasteiger partial charge >= 0.3 is 0 Å². The zero-order chi connectivity index (χ0) is 12.6. The summed E-state index contributed by atoms with van der Waals surface area (Å²) in [4.78, 5) is 0. The Morgan fingerprint density at radius 2 is 1.59 bits per heavy atom. The SMILES string of the molecule is CC1CC(C)(C)CC1NC1CCCC(C)C1C. The van der Waals surface area contributed by atoms with Crippen LogP contribution >= 0.6 is 0 Å². The topological polar surface area (TPSA) is 12.0 Å². The fourth-order valence-corrected chi connectivity index (χ4v) is 4.21. The molecular formula is C16H31N. The molecule has 17 heavy (non-hydrogen) atoms. The molecule has 1 N–H and O–H groups in total. The molecule has 0 spiro atoms. The number of nitrogens with one attached hydrogen (secondary N) is 1. The Labute approximate surface area is 108 Å². The average Bonchev–Trinajstić information content (AvgIpc) is 2.47. The Balaban J connectivity index is 1.92. The van der Waals surface area contributed by atoms with E-state index in [2.05, 4.69) is 39.9 Å². The van der Waals surface area contributed by atoms with Gasteiger partial charge in [-0.3, -0.25) is 0 Å². The van der Waals surface area contributed by atoms with E-state index >= 15 is 0 Å². The van der Waals surface area contributed by atoms with E-state index < -0.39 is 0 Å². The van der Waals surface area contributed by atoms with E-state index in [9.17, 15) is 0 Å². The predicted molar refractivity (Wildman–Crippen MR) is 75.1 cm³/mol. The van der Waals surface area contributed by atoms with Crippen molar-refractivity contribution >= 4 is 0 Å². The Morgan fingerprint density at radius 1 is 0.882 bits per heavy atom. The second kappa shape index (κ2) is 4.91. The monoisotopic (exact) mass is 237 g/mol. The highest BCUT2D eigenvalue weighted by molar-refractivity contribution is 4.94. The molecule has 5 atom stereocenters. The van der Waals surface area contributed by atoms with Gasteiger partial charge in [0, 0.05) is 12.1 Å². The predicted octanol–water partition coefficient (Wildman–Crippen LogP) is 4.23. The van der Waals surface area contributed by atoms with Crippen LogP contribution in [-0.2, 0) is 0 Å². The van der Waals surface area contributed by atoms with Gasteiger partial charge in [-0.05, 0) is 42.4 Å². The number of rotatable bonds is 2. The molecule has 2 rings (SSSR count). The van der Waals surface area contributed by atoms with Crippen molar-refractivity contribution in [3.63, 3.8) is 0 Å². The van der Waals surface area contributed by atoms with Crippen LogP contribution < -0.4 is 5.32 Å². The first kappa shape index (κ1) is 13.4. The third-order valence-electron chi connectivity index (χ3n) is 5.47. The molecular weight excluding hydrogens is 206 g/mol. The van der Waals surface area contributed by atoms with Crippen molar-refractivity contribution in [2.24, 2.45) is 23.2 Å². The second-order valence-electron chi connectivity index (χ2n) is 7.70. The summed E-state index contributed by atoms with van der Waals surface area (Å²) in [5.41, 5.74) is 0.556. The third-order valence-corrected chi connectivity index (χ3v) is 5.47. The Kier molecular flexibility index (Phi) is 3.87. The van der Waals surface area contributed by atoms with Crippen LogP contribution in [0.4, 0.5) is 0 Å². The summed E-state index contributed by atoms with van der Waals surface area (Å²) in [7, 11) is 0. The van der Waals surface area contributed by atoms with Gasteiger partial charge in [-0.15, -0.1) is 0 Å². The van der Waals surface area contributed by atoms with E-state index in [0.717, 1.165) is 29.8 Å². The lowest BCUT2D eigenvalue weighted by atomic mass is 9.77. The van der Waals surface area contributed by atoms with E-state index in [-0.39, 0.29) is 0 Å². The van der Waals surface area contributed by atoms with Gasteiger partial charge in [-0.2, -0.15) is 0 Å².